The molecule has 4 rings (SSSR count). The predicted molar refractivity (Wildman–Crippen MR) is 132 cm³/mol. The zero-order valence-electron chi connectivity index (χ0n) is 19.7. The first-order chi connectivity index (χ1) is 16.9. The number of alkyl carbamates (subject to hydrolysis) is 1. The number of hydrogen-bond acceptors (Lipinski definition) is 4. The molecule has 2 N–H and O–H groups in total. The molecule has 2 amide bonds. The number of nitrogens with one attached hydrogen (secondary N) is 1. The fourth-order valence-corrected chi connectivity index (χ4v) is 4.61. The van der Waals surface area contributed by atoms with Crippen LogP contribution in [0.2, 0.25) is 0 Å². The lowest BCUT2D eigenvalue weighted by Crippen LogP contribution is -2.49. The fraction of sp³-hybridized carbons (Fsp3) is 0.250. The van der Waals surface area contributed by atoms with E-state index in [9.17, 15) is 19.5 Å². The highest BCUT2D eigenvalue weighted by Crippen LogP contribution is 2.44. The van der Waals surface area contributed by atoms with Crippen molar-refractivity contribution in [2.24, 2.45) is 0 Å². The molecule has 0 aliphatic heterocycles. The number of amides is 2. The molecule has 1 aliphatic rings. The van der Waals surface area contributed by atoms with Gasteiger partial charge in [0, 0.05) is 12.5 Å². The van der Waals surface area contributed by atoms with Crippen LogP contribution in [0.3, 0.4) is 0 Å². The van der Waals surface area contributed by atoms with Crippen molar-refractivity contribution in [3.63, 3.8) is 0 Å². The smallest absolute Gasteiger partial charge is 0.408 e. The molecule has 0 radical (unpaired) electrons. The van der Waals surface area contributed by atoms with Crippen molar-refractivity contribution in [1.29, 1.82) is 0 Å². The highest BCUT2D eigenvalue weighted by Gasteiger charge is 2.33. The first kappa shape index (κ1) is 24.0. The van der Waals surface area contributed by atoms with Gasteiger partial charge in [0.25, 0.3) is 5.91 Å². The van der Waals surface area contributed by atoms with E-state index in [0.29, 0.717) is 5.56 Å². The SMILES string of the molecule is CCN(C(=O)C(NC(=O)OCC1c2ccccc2-c2ccccc21)c1ccccc1)C(C)C(=O)O. The lowest BCUT2D eigenvalue weighted by molar-refractivity contribution is -0.150. The number of carbonyl (C=O) groups is 3. The summed E-state index contributed by atoms with van der Waals surface area (Å²) in [5.74, 6) is -1.74. The number of likely N-dealkylation sites (N-methyl/N-ethyl adjacent to an activating group) is 1. The maximum absolute atomic E-state index is 13.3. The average molecular weight is 473 g/mol. The van der Waals surface area contributed by atoms with Gasteiger partial charge >= 0.3 is 12.1 Å². The van der Waals surface area contributed by atoms with Crippen LogP contribution in [-0.2, 0) is 14.3 Å². The summed E-state index contributed by atoms with van der Waals surface area (Å²) in [5, 5.41) is 12.1. The third-order valence-corrected chi connectivity index (χ3v) is 6.43. The van der Waals surface area contributed by atoms with Gasteiger partial charge in [0.2, 0.25) is 0 Å². The van der Waals surface area contributed by atoms with Crippen LogP contribution >= 0.6 is 0 Å². The van der Waals surface area contributed by atoms with E-state index in [1.807, 2.05) is 36.4 Å². The summed E-state index contributed by atoms with van der Waals surface area (Å²) >= 11 is 0. The number of ether oxygens (including phenoxy) is 1. The van der Waals surface area contributed by atoms with Crippen LogP contribution in [0.5, 0.6) is 0 Å². The van der Waals surface area contributed by atoms with Crippen molar-refractivity contribution in [2.45, 2.75) is 31.8 Å². The van der Waals surface area contributed by atoms with Crippen molar-refractivity contribution in [3.05, 3.63) is 95.6 Å². The molecule has 2 atom stereocenters. The normalized spacial score (nSPS) is 13.8. The molecule has 2 unspecified atom stereocenters. The van der Waals surface area contributed by atoms with Crippen LogP contribution in [0.25, 0.3) is 11.1 Å². The molecule has 0 saturated heterocycles. The van der Waals surface area contributed by atoms with E-state index in [-0.39, 0.29) is 19.1 Å². The fourth-order valence-electron chi connectivity index (χ4n) is 4.61. The Labute approximate surface area is 204 Å². The number of aliphatic carboxylic acids is 1. The van der Waals surface area contributed by atoms with Crippen molar-refractivity contribution >= 4 is 18.0 Å². The molecule has 0 aromatic heterocycles. The lowest BCUT2D eigenvalue weighted by Gasteiger charge is -2.29. The molecule has 7 nitrogen and oxygen atoms in total. The third kappa shape index (κ3) is 4.89. The quantitative estimate of drug-likeness (QED) is 0.500. The van der Waals surface area contributed by atoms with Crippen LogP contribution in [0.4, 0.5) is 4.79 Å². The van der Waals surface area contributed by atoms with Gasteiger partial charge in [0.15, 0.2) is 0 Å². The molecule has 180 valence electrons. The molecule has 1 aliphatic carbocycles. The second-order valence-electron chi connectivity index (χ2n) is 8.45. The molecule has 0 fully saturated rings. The number of carboxylic acids is 1. The number of hydrogen-bond donors (Lipinski definition) is 2. The van der Waals surface area contributed by atoms with E-state index in [1.54, 1.807) is 37.3 Å². The Kier molecular flexibility index (Phi) is 7.15. The number of carbonyl (C=O) groups excluding carboxylic acids is 2. The standard InChI is InChI=1S/C28H28N2O5/c1-3-30(18(2)27(32)33)26(31)25(19-11-5-4-6-12-19)29-28(34)35-17-24-22-15-9-7-13-20(22)21-14-8-10-16-23(21)24/h4-16,18,24-25H,3,17H2,1-2H3,(H,29,34)(H,32,33). The Bertz CT molecular complexity index is 1180. The van der Waals surface area contributed by atoms with Crippen molar-refractivity contribution in [1.82, 2.24) is 10.2 Å². The second-order valence-corrected chi connectivity index (χ2v) is 8.45. The minimum Gasteiger partial charge on any atom is -0.480 e. The van der Waals surface area contributed by atoms with E-state index < -0.39 is 30.1 Å². The molecule has 3 aromatic rings. The van der Waals surface area contributed by atoms with Gasteiger partial charge in [0.05, 0.1) is 0 Å². The molecular weight excluding hydrogens is 444 g/mol. The second kappa shape index (κ2) is 10.4. The minimum absolute atomic E-state index is 0.110. The van der Waals surface area contributed by atoms with Gasteiger partial charge in [-0.1, -0.05) is 78.9 Å². The number of rotatable bonds is 8. The topological polar surface area (TPSA) is 95.9 Å². The molecule has 0 saturated carbocycles. The lowest BCUT2D eigenvalue weighted by atomic mass is 9.98. The van der Waals surface area contributed by atoms with Gasteiger partial charge in [-0.05, 0) is 41.7 Å². The summed E-state index contributed by atoms with van der Waals surface area (Å²) in [7, 11) is 0. The molecular formula is C28H28N2O5. The average Bonchev–Trinajstić information content (AvgIpc) is 3.20. The summed E-state index contributed by atoms with van der Waals surface area (Å²) in [4.78, 5) is 39.0. The van der Waals surface area contributed by atoms with Crippen molar-refractivity contribution in [3.8, 4) is 11.1 Å². The minimum atomic E-state index is -1.12. The largest absolute Gasteiger partial charge is 0.480 e. The van der Waals surface area contributed by atoms with E-state index in [4.69, 9.17) is 4.74 Å². The Hall–Kier alpha value is -4.13. The maximum Gasteiger partial charge on any atom is 0.408 e. The zero-order chi connectivity index (χ0) is 24.9. The third-order valence-electron chi connectivity index (χ3n) is 6.43. The summed E-state index contributed by atoms with van der Waals surface area (Å²) < 4.78 is 5.63. The molecule has 0 bridgehead atoms. The van der Waals surface area contributed by atoms with E-state index in [2.05, 4.69) is 17.4 Å². The summed E-state index contributed by atoms with van der Waals surface area (Å²) in [6.07, 6.45) is -0.743. The highest BCUT2D eigenvalue weighted by atomic mass is 16.5. The van der Waals surface area contributed by atoms with Crippen LogP contribution in [-0.4, -0.2) is 47.2 Å². The van der Waals surface area contributed by atoms with Gasteiger partial charge < -0.3 is 20.1 Å². The Balaban J connectivity index is 1.52. The van der Waals surface area contributed by atoms with Gasteiger partial charge in [-0.15, -0.1) is 0 Å². The van der Waals surface area contributed by atoms with E-state index >= 15 is 0 Å². The first-order valence-electron chi connectivity index (χ1n) is 11.6. The van der Waals surface area contributed by atoms with Crippen LogP contribution in [0.1, 0.15) is 42.5 Å². The number of fused-ring (bicyclic) bond motifs is 3. The van der Waals surface area contributed by atoms with E-state index in [0.717, 1.165) is 22.3 Å². The monoisotopic (exact) mass is 472 g/mol. The summed E-state index contributed by atoms with van der Waals surface area (Å²) in [6.45, 7) is 3.44. The molecule has 0 spiro atoms. The molecule has 35 heavy (non-hydrogen) atoms. The Morgan fingerprint density at radius 2 is 1.46 bits per heavy atom. The molecule has 7 heteroatoms. The summed E-state index contributed by atoms with van der Waals surface area (Å²) in [5.41, 5.74) is 4.96. The maximum atomic E-state index is 13.3. The molecule has 3 aromatic carbocycles. The van der Waals surface area contributed by atoms with E-state index in [1.165, 1.54) is 11.8 Å². The van der Waals surface area contributed by atoms with Crippen LogP contribution in [0.15, 0.2) is 78.9 Å². The Morgan fingerprint density at radius 3 is 2.00 bits per heavy atom. The van der Waals surface area contributed by atoms with Crippen LogP contribution < -0.4 is 5.32 Å². The van der Waals surface area contributed by atoms with Crippen LogP contribution in [0, 0.1) is 0 Å². The number of benzene rings is 3. The van der Waals surface area contributed by atoms with Gasteiger partial charge in [0.1, 0.15) is 18.7 Å². The molecule has 0 heterocycles. The number of carboxylic acid groups (broad SMARTS) is 1. The number of nitrogens with zero attached hydrogens (tertiary/aromatic N) is 1. The Morgan fingerprint density at radius 1 is 0.914 bits per heavy atom. The van der Waals surface area contributed by atoms with Gasteiger partial charge in [-0.2, -0.15) is 0 Å². The summed E-state index contributed by atoms with van der Waals surface area (Å²) in [6, 6.07) is 22.7. The predicted octanol–water partition coefficient (Wildman–Crippen LogP) is 4.59. The van der Waals surface area contributed by atoms with Crippen molar-refractivity contribution < 1.29 is 24.2 Å². The van der Waals surface area contributed by atoms with Crippen molar-refractivity contribution in [2.75, 3.05) is 13.2 Å². The highest BCUT2D eigenvalue weighted by molar-refractivity contribution is 5.90. The first-order valence-corrected chi connectivity index (χ1v) is 11.6. The van der Waals surface area contributed by atoms with Gasteiger partial charge in [-0.3, -0.25) is 4.79 Å². The van der Waals surface area contributed by atoms with Gasteiger partial charge in [-0.25, -0.2) is 9.59 Å². The zero-order valence-corrected chi connectivity index (χ0v) is 19.7.